The molecule has 3 N–H and O–H groups in total. The molecule has 0 amide bonds. The minimum absolute atomic E-state index is 0.203. The lowest BCUT2D eigenvalue weighted by molar-refractivity contribution is -0.251. The first-order chi connectivity index (χ1) is 8.59. The summed E-state index contributed by atoms with van der Waals surface area (Å²) in [5.41, 5.74) is 0.314. The molecule has 2 rings (SSSR count). The average molecular weight is 254 g/mol. The van der Waals surface area contributed by atoms with Crippen molar-refractivity contribution in [2.45, 2.75) is 24.6 Å². The van der Waals surface area contributed by atoms with Gasteiger partial charge < -0.3 is 24.8 Å². The molecule has 0 aromatic heterocycles. The van der Waals surface area contributed by atoms with Crippen molar-refractivity contribution in [3.05, 3.63) is 35.9 Å². The molecule has 6 heteroatoms. The summed E-state index contributed by atoms with van der Waals surface area (Å²) < 4.78 is 9.89. The summed E-state index contributed by atoms with van der Waals surface area (Å²) in [7, 11) is 0. The van der Waals surface area contributed by atoms with E-state index in [1.54, 1.807) is 30.3 Å². The van der Waals surface area contributed by atoms with Gasteiger partial charge in [0, 0.05) is 0 Å². The van der Waals surface area contributed by atoms with Gasteiger partial charge in [0.05, 0.1) is 12.2 Å². The molecule has 0 spiro atoms. The third-order valence-electron chi connectivity index (χ3n) is 2.69. The molecule has 1 fully saturated rings. The quantitative estimate of drug-likeness (QED) is 0.603. The van der Waals surface area contributed by atoms with Gasteiger partial charge in [-0.1, -0.05) is 18.2 Å². The first-order valence-electron chi connectivity index (χ1n) is 5.51. The van der Waals surface area contributed by atoms with E-state index in [1.807, 2.05) is 0 Å². The highest BCUT2D eigenvalue weighted by atomic mass is 16.7. The summed E-state index contributed by atoms with van der Waals surface area (Å²) in [6.07, 6.45) is -5.34. The number of ether oxygens (including phenoxy) is 2. The third-order valence-corrected chi connectivity index (χ3v) is 2.69. The maximum absolute atomic E-state index is 11.7. The van der Waals surface area contributed by atoms with Crippen molar-refractivity contribution in [2.24, 2.45) is 0 Å². The summed E-state index contributed by atoms with van der Waals surface area (Å²) in [6, 6.07) is 8.22. The second-order valence-electron chi connectivity index (χ2n) is 4.02. The molecule has 1 aliphatic heterocycles. The number of esters is 1. The highest BCUT2D eigenvalue weighted by Crippen LogP contribution is 2.17. The van der Waals surface area contributed by atoms with Crippen LogP contribution in [0.3, 0.4) is 0 Å². The molecule has 1 saturated heterocycles. The van der Waals surface area contributed by atoms with Crippen LogP contribution in [-0.2, 0) is 9.47 Å². The Morgan fingerprint density at radius 1 is 1.17 bits per heavy atom. The summed E-state index contributed by atoms with van der Waals surface area (Å²) in [4.78, 5) is 11.7. The van der Waals surface area contributed by atoms with E-state index in [2.05, 4.69) is 0 Å². The molecule has 4 atom stereocenters. The predicted molar refractivity (Wildman–Crippen MR) is 59.6 cm³/mol. The molecule has 0 radical (unpaired) electrons. The summed E-state index contributed by atoms with van der Waals surface area (Å²) >= 11 is 0. The fraction of sp³-hybridized carbons (Fsp3) is 0.417. The van der Waals surface area contributed by atoms with E-state index in [0.717, 1.165) is 0 Å². The zero-order valence-electron chi connectivity index (χ0n) is 9.47. The van der Waals surface area contributed by atoms with Gasteiger partial charge in [-0.15, -0.1) is 0 Å². The fourth-order valence-corrected chi connectivity index (χ4v) is 1.63. The largest absolute Gasteiger partial charge is 0.429 e. The van der Waals surface area contributed by atoms with Gasteiger partial charge in [0.25, 0.3) is 0 Å². The molecule has 1 heterocycles. The van der Waals surface area contributed by atoms with Gasteiger partial charge in [0.2, 0.25) is 6.29 Å². The van der Waals surface area contributed by atoms with Gasteiger partial charge in [0.1, 0.15) is 18.3 Å². The monoisotopic (exact) mass is 254 g/mol. The standard InChI is InChI=1S/C12H14O6/c13-8-6-17-12(10(15)9(8)14)18-11(16)7-4-2-1-3-5-7/h1-5,8-10,12-15H,6H2/t8-,9-,10-,12-/m1/s1. The summed E-state index contributed by atoms with van der Waals surface area (Å²) in [5.74, 6) is -0.664. The summed E-state index contributed by atoms with van der Waals surface area (Å²) in [6.45, 7) is -0.203. The van der Waals surface area contributed by atoms with Crippen LogP contribution in [-0.4, -0.2) is 52.5 Å². The molecule has 1 aromatic rings. The third kappa shape index (κ3) is 2.68. The van der Waals surface area contributed by atoms with Crippen molar-refractivity contribution in [1.82, 2.24) is 0 Å². The maximum Gasteiger partial charge on any atom is 0.340 e. The maximum atomic E-state index is 11.7. The van der Waals surface area contributed by atoms with Gasteiger partial charge in [0.15, 0.2) is 0 Å². The molecule has 1 aromatic carbocycles. The molecule has 0 unspecified atom stereocenters. The average Bonchev–Trinajstić information content (AvgIpc) is 2.40. The number of rotatable bonds is 2. The lowest BCUT2D eigenvalue weighted by Crippen LogP contribution is -2.54. The topological polar surface area (TPSA) is 96.2 Å². The number of hydrogen-bond donors (Lipinski definition) is 3. The number of aliphatic hydroxyl groups excluding tert-OH is 3. The van der Waals surface area contributed by atoms with E-state index < -0.39 is 30.6 Å². The molecule has 18 heavy (non-hydrogen) atoms. The molecule has 0 bridgehead atoms. The van der Waals surface area contributed by atoms with E-state index in [1.165, 1.54) is 0 Å². The Morgan fingerprint density at radius 2 is 1.83 bits per heavy atom. The Hall–Kier alpha value is -1.47. The van der Waals surface area contributed by atoms with Crippen molar-refractivity contribution in [2.75, 3.05) is 6.61 Å². The second kappa shape index (κ2) is 5.45. The van der Waals surface area contributed by atoms with E-state index >= 15 is 0 Å². The van der Waals surface area contributed by atoms with Crippen LogP contribution < -0.4 is 0 Å². The van der Waals surface area contributed by atoms with Crippen LogP contribution in [0.25, 0.3) is 0 Å². The Labute approximate surface area is 103 Å². The van der Waals surface area contributed by atoms with Crippen molar-refractivity contribution >= 4 is 5.97 Å². The van der Waals surface area contributed by atoms with Crippen molar-refractivity contribution < 1.29 is 29.6 Å². The Morgan fingerprint density at radius 3 is 2.50 bits per heavy atom. The highest BCUT2D eigenvalue weighted by Gasteiger charge is 2.39. The Kier molecular flexibility index (Phi) is 3.93. The van der Waals surface area contributed by atoms with E-state index in [-0.39, 0.29) is 6.61 Å². The van der Waals surface area contributed by atoms with Gasteiger partial charge in [-0.3, -0.25) is 0 Å². The SMILES string of the molecule is O=C(O[C@H]1OC[C@@H](O)[C@@H](O)[C@H]1O)c1ccccc1. The van der Waals surface area contributed by atoms with Crippen LogP contribution in [0.2, 0.25) is 0 Å². The predicted octanol–water partition coefficient (Wildman–Crippen LogP) is -0.718. The highest BCUT2D eigenvalue weighted by molar-refractivity contribution is 5.89. The molecular formula is C12H14O6. The number of carbonyl (C=O) groups excluding carboxylic acids is 1. The molecule has 0 aliphatic carbocycles. The van der Waals surface area contributed by atoms with Gasteiger partial charge in [-0.2, -0.15) is 0 Å². The van der Waals surface area contributed by atoms with Gasteiger partial charge in [-0.05, 0) is 12.1 Å². The van der Waals surface area contributed by atoms with Crippen LogP contribution in [0.5, 0.6) is 0 Å². The Balaban J connectivity index is 2.00. The van der Waals surface area contributed by atoms with Crippen molar-refractivity contribution in [3.8, 4) is 0 Å². The van der Waals surface area contributed by atoms with E-state index in [0.29, 0.717) is 5.56 Å². The number of benzene rings is 1. The minimum Gasteiger partial charge on any atom is -0.429 e. The zero-order valence-corrected chi connectivity index (χ0v) is 9.47. The van der Waals surface area contributed by atoms with Gasteiger partial charge >= 0.3 is 5.97 Å². The second-order valence-corrected chi connectivity index (χ2v) is 4.02. The lowest BCUT2D eigenvalue weighted by Gasteiger charge is -2.34. The molecule has 98 valence electrons. The smallest absolute Gasteiger partial charge is 0.340 e. The number of aliphatic hydroxyl groups is 3. The molecule has 0 saturated carbocycles. The van der Waals surface area contributed by atoms with E-state index in [4.69, 9.17) is 9.47 Å². The first kappa shape index (κ1) is 13.0. The lowest BCUT2D eigenvalue weighted by atomic mass is 10.1. The van der Waals surface area contributed by atoms with Crippen LogP contribution in [0.1, 0.15) is 10.4 Å². The molecule has 6 nitrogen and oxygen atoms in total. The summed E-state index contributed by atoms with van der Waals surface area (Å²) in [5, 5.41) is 28.3. The number of hydrogen-bond acceptors (Lipinski definition) is 6. The van der Waals surface area contributed by atoms with Crippen LogP contribution >= 0.6 is 0 Å². The van der Waals surface area contributed by atoms with Crippen molar-refractivity contribution in [3.63, 3.8) is 0 Å². The van der Waals surface area contributed by atoms with Crippen LogP contribution in [0.15, 0.2) is 30.3 Å². The van der Waals surface area contributed by atoms with Crippen LogP contribution in [0, 0.1) is 0 Å². The van der Waals surface area contributed by atoms with Gasteiger partial charge in [-0.25, -0.2) is 4.79 Å². The molecular weight excluding hydrogens is 240 g/mol. The Bertz CT molecular complexity index is 406. The van der Waals surface area contributed by atoms with Crippen molar-refractivity contribution in [1.29, 1.82) is 0 Å². The van der Waals surface area contributed by atoms with Crippen LogP contribution in [0.4, 0.5) is 0 Å². The minimum atomic E-state index is -1.47. The fourth-order valence-electron chi connectivity index (χ4n) is 1.63. The molecule has 1 aliphatic rings. The first-order valence-corrected chi connectivity index (χ1v) is 5.51. The van der Waals surface area contributed by atoms with E-state index in [9.17, 15) is 20.1 Å². The normalized spacial score (nSPS) is 31.9. The number of carbonyl (C=O) groups is 1. The zero-order chi connectivity index (χ0) is 13.1.